The van der Waals surface area contributed by atoms with E-state index in [0.717, 1.165) is 15.7 Å². The third kappa shape index (κ3) is 4.77. The Bertz CT molecular complexity index is 569. The zero-order valence-corrected chi connectivity index (χ0v) is 11.8. The largest absolute Gasteiger partial charge is 0.573 e. The summed E-state index contributed by atoms with van der Waals surface area (Å²) >= 11 is 3.36. The molecular weight excluding hydrogens is 335 g/mol. The van der Waals surface area contributed by atoms with Gasteiger partial charge in [0.05, 0.1) is 0 Å². The van der Waals surface area contributed by atoms with Gasteiger partial charge in [0.1, 0.15) is 5.75 Å². The Morgan fingerprint density at radius 1 is 1.05 bits per heavy atom. The summed E-state index contributed by atoms with van der Waals surface area (Å²) < 4.78 is 40.8. The molecule has 0 spiro atoms. The Morgan fingerprint density at radius 2 is 1.75 bits per heavy atom. The van der Waals surface area contributed by atoms with Gasteiger partial charge in [-0.05, 0) is 35.9 Å². The maximum atomic E-state index is 12.0. The zero-order chi connectivity index (χ0) is 14.6. The molecule has 2 nitrogen and oxygen atoms in total. The summed E-state index contributed by atoms with van der Waals surface area (Å²) in [7, 11) is 0. The molecule has 2 rings (SSSR count). The van der Waals surface area contributed by atoms with Crippen LogP contribution in [0.1, 0.15) is 5.56 Å². The van der Waals surface area contributed by atoms with Crippen LogP contribution in [-0.4, -0.2) is 6.36 Å². The topological polar surface area (TPSA) is 21.3 Å². The van der Waals surface area contributed by atoms with Crippen LogP contribution in [0.15, 0.2) is 53.0 Å². The summed E-state index contributed by atoms with van der Waals surface area (Å²) in [6.45, 7) is 0.517. The number of alkyl halides is 3. The van der Waals surface area contributed by atoms with E-state index in [1.54, 1.807) is 12.1 Å². The van der Waals surface area contributed by atoms with Crippen LogP contribution >= 0.6 is 15.9 Å². The van der Waals surface area contributed by atoms with E-state index < -0.39 is 6.36 Å². The van der Waals surface area contributed by atoms with Gasteiger partial charge in [-0.1, -0.05) is 34.1 Å². The molecule has 0 radical (unpaired) electrons. The highest BCUT2D eigenvalue weighted by Gasteiger charge is 2.30. The Labute approximate surface area is 122 Å². The van der Waals surface area contributed by atoms with Gasteiger partial charge in [0.25, 0.3) is 0 Å². The summed E-state index contributed by atoms with van der Waals surface area (Å²) in [5.41, 5.74) is 1.79. The summed E-state index contributed by atoms with van der Waals surface area (Å²) in [5.74, 6) is -0.219. The van der Waals surface area contributed by atoms with Crippen LogP contribution in [0.2, 0.25) is 0 Å². The molecule has 0 saturated carbocycles. The number of nitrogens with one attached hydrogen (secondary N) is 1. The van der Waals surface area contributed by atoms with Crippen molar-refractivity contribution in [1.82, 2.24) is 0 Å². The van der Waals surface area contributed by atoms with Crippen molar-refractivity contribution < 1.29 is 17.9 Å². The van der Waals surface area contributed by atoms with Crippen LogP contribution in [-0.2, 0) is 6.54 Å². The summed E-state index contributed by atoms with van der Waals surface area (Å²) in [4.78, 5) is 0. The maximum absolute atomic E-state index is 12.0. The number of rotatable bonds is 4. The SMILES string of the molecule is FC(F)(F)Oc1ccc(CNc2cccc(Br)c2)cc1. The monoisotopic (exact) mass is 345 g/mol. The van der Waals surface area contributed by atoms with E-state index in [9.17, 15) is 13.2 Å². The van der Waals surface area contributed by atoms with Gasteiger partial charge in [0.2, 0.25) is 0 Å². The van der Waals surface area contributed by atoms with Crippen molar-refractivity contribution in [2.45, 2.75) is 12.9 Å². The molecule has 2 aromatic rings. The fourth-order valence-corrected chi connectivity index (χ4v) is 2.01. The quantitative estimate of drug-likeness (QED) is 0.845. The highest BCUT2D eigenvalue weighted by atomic mass is 79.9. The lowest BCUT2D eigenvalue weighted by molar-refractivity contribution is -0.274. The first-order valence-corrected chi connectivity index (χ1v) is 6.56. The Morgan fingerprint density at radius 3 is 2.35 bits per heavy atom. The smallest absolute Gasteiger partial charge is 0.406 e. The fourth-order valence-electron chi connectivity index (χ4n) is 1.61. The van der Waals surface area contributed by atoms with Crippen LogP contribution < -0.4 is 10.1 Å². The average Bonchev–Trinajstić information content (AvgIpc) is 2.36. The normalized spacial score (nSPS) is 11.2. The molecule has 0 aliphatic carbocycles. The number of benzene rings is 2. The molecular formula is C14H11BrF3NO. The maximum Gasteiger partial charge on any atom is 0.573 e. The van der Waals surface area contributed by atoms with Crippen LogP contribution in [0.3, 0.4) is 0 Å². The van der Waals surface area contributed by atoms with Crippen LogP contribution in [0.4, 0.5) is 18.9 Å². The molecule has 0 fully saturated rings. The Balaban J connectivity index is 1.94. The molecule has 106 valence electrons. The summed E-state index contributed by atoms with van der Waals surface area (Å²) in [5, 5.41) is 3.18. The molecule has 2 aromatic carbocycles. The molecule has 0 heterocycles. The van der Waals surface area contributed by atoms with Crippen molar-refractivity contribution in [3.8, 4) is 5.75 Å². The minimum absolute atomic E-state index is 0.219. The van der Waals surface area contributed by atoms with Crippen LogP contribution in [0.5, 0.6) is 5.75 Å². The van der Waals surface area contributed by atoms with E-state index >= 15 is 0 Å². The minimum atomic E-state index is -4.66. The average molecular weight is 346 g/mol. The highest BCUT2D eigenvalue weighted by Crippen LogP contribution is 2.23. The van der Waals surface area contributed by atoms with Gasteiger partial charge in [-0.15, -0.1) is 13.2 Å². The molecule has 0 bridgehead atoms. The van der Waals surface area contributed by atoms with Gasteiger partial charge in [-0.3, -0.25) is 0 Å². The number of hydrogen-bond acceptors (Lipinski definition) is 2. The fraction of sp³-hybridized carbons (Fsp3) is 0.143. The number of ether oxygens (including phenoxy) is 1. The predicted octanol–water partition coefficient (Wildman–Crippen LogP) is 4.96. The van der Waals surface area contributed by atoms with E-state index in [0.29, 0.717) is 6.54 Å². The first-order valence-electron chi connectivity index (χ1n) is 5.76. The number of hydrogen-bond donors (Lipinski definition) is 1. The third-order valence-corrected chi connectivity index (χ3v) is 2.97. The predicted molar refractivity (Wildman–Crippen MR) is 74.6 cm³/mol. The highest BCUT2D eigenvalue weighted by molar-refractivity contribution is 9.10. The number of halogens is 4. The van der Waals surface area contributed by atoms with Crippen LogP contribution in [0.25, 0.3) is 0 Å². The van der Waals surface area contributed by atoms with Gasteiger partial charge in [0, 0.05) is 16.7 Å². The third-order valence-electron chi connectivity index (χ3n) is 2.48. The van der Waals surface area contributed by atoms with E-state index in [1.165, 1.54) is 12.1 Å². The van der Waals surface area contributed by atoms with E-state index in [1.807, 2.05) is 24.3 Å². The van der Waals surface area contributed by atoms with E-state index in [2.05, 4.69) is 26.0 Å². The minimum Gasteiger partial charge on any atom is -0.406 e. The van der Waals surface area contributed by atoms with Crippen molar-refractivity contribution in [3.05, 3.63) is 58.6 Å². The van der Waals surface area contributed by atoms with Crippen molar-refractivity contribution in [1.29, 1.82) is 0 Å². The van der Waals surface area contributed by atoms with Gasteiger partial charge in [-0.2, -0.15) is 0 Å². The summed E-state index contributed by atoms with van der Waals surface area (Å²) in [6, 6.07) is 13.4. The van der Waals surface area contributed by atoms with Crippen LogP contribution in [0, 0.1) is 0 Å². The molecule has 0 aliphatic heterocycles. The molecule has 0 aliphatic rings. The molecule has 0 unspecified atom stereocenters. The van der Waals surface area contributed by atoms with Gasteiger partial charge < -0.3 is 10.1 Å². The lowest BCUT2D eigenvalue weighted by Crippen LogP contribution is -2.17. The van der Waals surface area contributed by atoms with Crippen molar-refractivity contribution in [2.24, 2.45) is 0 Å². The van der Waals surface area contributed by atoms with Gasteiger partial charge in [-0.25, -0.2) is 0 Å². The van der Waals surface area contributed by atoms with Crippen molar-refractivity contribution in [3.63, 3.8) is 0 Å². The number of anilines is 1. The molecule has 0 atom stereocenters. The first kappa shape index (κ1) is 14.7. The Hall–Kier alpha value is -1.69. The Kier molecular flexibility index (Phi) is 4.54. The van der Waals surface area contributed by atoms with Gasteiger partial charge in [0.15, 0.2) is 0 Å². The standard InChI is InChI=1S/C14H11BrF3NO/c15-11-2-1-3-12(8-11)19-9-10-4-6-13(7-5-10)20-14(16,17)18/h1-8,19H,9H2. The molecule has 6 heteroatoms. The van der Waals surface area contributed by atoms with Crippen molar-refractivity contribution in [2.75, 3.05) is 5.32 Å². The lowest BCUT2D eigenvalue weighted by Gasteiger charge is -2.10. The van der Waals surface area contributed by atoms with E-state index in [4.69, 9.17) is 0 Å². The molecule has 1 N–H and O–H groups in total. The molecule has 0 saturated heterocycles. The first-order chi connectivity index (χ1) is 9.42. The van der Waals surface area contributed by atoms with Gasteiger partial charge >= 0.3 is 6.36 Å². The second-order valence-electron chi connectivity index (χ2n) is 4.06. The summed E-state index contributed by atoms with van der Waals surface area (Å²) in [6.07, 6.45) is -4.66. The second kappa shape index (κ2) is 6.17. The second-order valence-corrected chi connectivity index (χ2v) is 4.97. The lowest BCUT2D eigenvalue weighted by atomic mass is 10.2. The van der Waals surface area contributed by atoms with E-state index in [-0.39, 0.29) is 5.75 Å². The molecule has 0 amide bonds. The van der Waals surface area contributed by atoms with Crippen molar-refractivity contribution >= 4 is 21.6 Å². The molecule has 0 aromatic heterocycles. The molecule has 20 heavy (non-hydrogen) atoms. The zero-order valence-electron chi connectivity index (χ0n) is 10.2.